The second-order valence-corrected chi connectivity index (χ2v) is 6.53. The van der Waals surface area contributed by atoms with Crippen LogP contribution in [0.15, 0.2) is 30.3 Å². The molecule has 0 bridgehead atoms. The van der Waals surface area contributed by atoms with E-state index in [9.17, 15) is 0 Å². The molecule has 1 saturated carbocycles. The zero-order chi connectivity index (χ0) is 13.3. The van der Waals surface area contributed by atoms with Gasteiger partial charge in [-0.25, -0.2) is 0 Å². The highest BCUT2D eigenvalue weighted by atomic mass is 15.2. The van der Waals surface area contributed by atoms with Crippen LogP contribution in [0.1, 0.15) is 38.7 Å². The lowest BCUT2D eigenvalue weighted by atomic mass is 9.78. The number of rotatable bonds is 3. The summed E-state index contributed by atoms with van der Waals surface area (Å²) in [6.07, 6.45) is 4.32. The molecule has 2 nitrogen and oxygen atoms in total. The maximum Gasteiger partial charge on any atom is 0.0535 e. The van der Waals surface area contributed by atoms with Gasteiger partial charge in [0, 0.05) is 25.7 Å². The van der Waals surface area contributed by atoms with Gasteiger partial charge in [-0.15, -0.1) is 0 Å². The van der Waals surface area contributed by atoms with E-state index in [1.165, 1.54) is 31.4 Å². The summed E-state index contributed by atoms with van der Waals surface area (Å²) in [6, 6.07) is 11.7. The molecule has 2 atom stereocenters. The minimum absolute atomic E-state index is 0.109. The van der Waals surface area contributed by atoms with Crippen molar-refractivity contribution in [3.8, 4) is 0 Å². The third kappa shape index (κ3) is 2.56. The van der Waals surface area contributed by atoms with Crippen molar-refractivity contribution in [1.29, 1.82) is 0 Å². The van der Waals surface area contributed by atoms with Gasteiger partial charge in [0.1, 0.15) is 0 Å². The second kappa shape index (κ2) is 5.26. The third-order valence-electron chi connectivity index (χ3n) is 5.25. The molecule has 1 N–H and O–H groups in total. The summed E-state index contributed by atoms with van der Waals surface area (Å²) in [5.74, 6) is 0.943. The molecular weight excluding hydrogens is 232 g/mol. The van der Waals surface area contributed by atoms with E-state index in [1.54, 1.807) is 0 Å². The molecular formula is C17H26N2. The first-order valence-electron chi connectivity index (χ1n) is 7.74. The quantitative estimate of drug-likeness (QED) is 0.896. The first kappa shape index (κ1) is 13.1. The highest BCUT2D eigenvalue weighted by molar-refractivity contribution is 5.25. The van der Waals surface area contributed by atoms with Crippen molar-refractivity contribution in [3.05, 3.63) is 35.9 Å². The molecule has 0 spiro atoms. The molecule has 0 aromatic heterocycles. The monoisotopic (exact) mass is 258 g/mol. The number of hydrogen-bond acceptors (Lipinski definition) is 2. The van der Waals surface area contributed by atoms with Crippen LogP contribution in [0, 0.1) is 5.92 Å². The van der Waals surface area contributed by atoms with Crippen molar-refractivity contribution >= 4 is 0 Å². The Morgan fingerprint density at radius 2 is 2.00 bits per heavy atom. The van der Waals surface area contributed by atoms with Crippen LogP contribution in [0.5, 0.6) is 0 Å². The van der Waals surface area contributed by atoms with Crippen LogP contribution in [0.2, 0.25) is 0 Å². The van der Waals surface area contributed by atoms with E-state index >= 15 is 0 Å². The first-order chi connectivity index (χ1) is 9.19. The van der Waals surface area contributed by atoms with Crippen molar-refractivity contribution < 1.29 is 0 Å². The molecule has 19 heavy (non-hydrogen) atoms. The molecule has 2 fully saturated rings. The predicted octanol–water partition coefficient (Wildman–Crippen LogP) is 3.00. The smallest absolute Gasteiger partial charge is 0.0535 e. The van der Waals surface area contributed by atoms with E-state index in [0.29, 0.717) is 0 Å². The van der Waals surface area contributed by atoms with Gasteiger partial charge in [0.05, 0.1) is 5.54 Å². The van der Waals surface area contributed by atoms with Crippen molar-refractivity contribution in [1.82, 2.24) is 10.2 Å². The lowest BCUT2D eigenvalue weighted by Gasteiger charge is -2.47. The summed E-state index contributed by atoms with van der Waals surface area (Å²) in [5, 5.41) is 3.73. The van der Waals surface area contributed by atoms with Gasteiger partial charge >= 0.3 is 0 Å². The van der Waals surface area contributed by atoms with E-state index in [0.717, 1.165) is 25.0 Å². The minimum Gasteiger partial charge on any atom is -0.305 e. The summed E-state index contributed by atoms with van der Waals surface area (Å²) >= 11 is 0. The normalized spacial score (nSPS) is 30.8. The van der Waals surface area contributed by atoms with E-state index in [4.69, 9.17) is 0 Å². The average molecular weight is 258 g/mol. The SMILES string of the molecule is CC(C1CCC1)N1CCNC(C)(c2ccccc2)C1. The van der Waals surface area contributed by atoms with Crippen LogP contribution >= 0.6 is 0 Å². The van der Waals surface area contributed by atoms with Gasteiger partial charge in [-0.3, -0.25) is 4.90 Å². The zero-order valence-corrected chi connectivity index (χ0v) is 12.2. The Morgan fingerprint density at radius 3 is 2.63 bits per heavy atom. The Kier molecular flexibility index (Phi) is 3.64. The highest BCUT2D eigenvalue weighted by Gasteiger charge is 2.36. The average Bonchev–Trinajstić information content (AvgIpc) is 2.38. The fraction of sp³-hybridized carbons (Fsp3) is 0.647. The Balaban J connectivity index is 1.73. The van der Waals surface area contributed by atoms with Crippen LogP contribution < -0.4 is 5.32 Å². The van der Waals surface area contributed by atoms with Crippen molar-refractivity contribution in [3.63, 3.8) is 0 Å². The fourth-order valence-corrected chi connectivity index (χ4v) is 3.58. The standard InChI is InChI=1S/C17H26N2/c1-14(15-7-6-8-15)19-12-11-18-17(2,13-19)16-9-4-3-5-10-16/h3-5,9-10,14-15,18H,6-8,11-13H2,1-2H3. The molecule has 0 radical (unpaired) electrons. The van der Waals surface area contributed by atoms with Crippen LogP contribution in [0.25, 0.3) is 0 Å². The molecule has 104 valence electrons. The van der Waals surface area contributed by atoms with E-state index in [2.05, 4.69) is 54.4 Å². The molecule has 2 unspecified atom stereocenters. The van der Waals surface area contributed by atoms with Crippen LogP contribution in [0.4, 0.5) is 0 Å². The van der Waals surface area contributed by atoms with Gasteiger partial charge < -0.3 is 5.32 Å². The Morgan fingerprint density at radius 1 is 1.26 bits per heavy atom. The lowest BCUT2D eigenvalue weighted by molar-refractivity contribution is 0.0536. The molecule has 2 heteroatoms. The molecule has 1 aliphatic heterocycles. The minimum atomic E-state index is 0.109. The van der Waals surface area contributed by atoms with Crippen molar-refractivity contribution in [2.24, 2.45) is 5.92 Å². The largest absolute Gasteiger partial charge is 0.305 e. The molecule has 2 aliphatic rings. The molecule has 1 heterocycles. The van der Waals surface area contributed by atoms with Crippen LogP contribution in [-0.2, 0) is 5.54 Å². The third-order valence-corrected chi connectivity index (χ3v) is 5.25. The second-order valence-electron chi connectivity index (χ2n) is 6.53. The van der Waals surface area contributed by atoms with E-state index < -0.39 is 0 Å². The van der Waals surface area contributed by atoms with E-state index in [1.807, 2.05) is 0 Å². The zero-order valence-electron chi connectivity index (χ0n) is 12.2. The van der Waals surface area contributed by atoms with Crippen LogP contribution in [0.3, 0.4) is 0 Å². The maximum atomic E-state index is 3.73. The van der Waals surface area contributed by atoms with Crippen LogP contribution in [-0.4, -0.2) is 30.6 Å². The molecule has 1 aromatic rings. The summed E-state index contributed by atoms with van der Waals surface area (Å²) in [6.45, 7) is 8.21. The van der Waals surface area contributed by atoms with Gasteiger partial charge in [0.2, 0.25) is 0 Å². The molecule has 1 saturated heterocycles. The Hall–Kier alpha value is -0.860. The number of nitrogens with one attached hydrogen (secondary N) is 1. The number of hydrogen-bond donors (Lipinski definition) is 1. The molecule has 3 rings (SSSR count). The summed E-state index contributed by atoms with van der Waals surface area (Å²) in [7, 11) is 0. The first-order valence-corrected chi connectivity index (χ1v) is 7.74. The molecule has 1 aromatic carbocycles. The Labute approximate surface area is 117 Å². The highest BCUT2D eigenvalue weighted by Crippen LogP contribution is 2.34. The molecule has 1 aliphatic carbocycles. The summed E-state index contributed by atoms with van der Waals surface area (Å²) in [4.78, 5) is 2.70. The maximum absolute atomic E-state index is 3.73. The fourth-order valence-electron chi connectivity index (χ4n) is 3.58. The van der Waals surface area contributed by atoms with Gasteiger partial charge in [-0.05, 0) is 38.2 Å². The van der Waals surface area contributed by atoms with Gasteiger partial charge in [-0.1, -0.05) is 36.8 Å². The topological polar surface area (TPSA) is 15.3 Å². The van der Waals surface area contributed by atoms with Crippen molar-refractivity contribution in [2.45, 2.75) is 44.7 Å². The van der Waals surface area contributed by atoms with Crippen molar-refractivity contribution in [2.75, 3.05) is 19.6 Å². The number of benzene rings is 1. The van der Waals surface area contributed by atoms with Gasteiger partial charge in [0.15, 0.2) is 0 Å². The molecule has 0 amide bonds. The number of nitrogens with zero attached hydrogens (tertiary/aromatic N) is 1. The van der Waals surface area contributed by atoms with Gasteiger partial charge in [0.25, 0.3) is 0 Å². The lowest BCUT2D eigenvalue weighted by Crippen LogP contribution is -2.60. The Bertz CT molecular complexity index is 413. The number of piperazine rings is 1. The summed E-state index contributed by atoms with van der Waals surface area (Å²) < 4.78 is 0. The predicted molar refractivity (Wildman–Crippen MR) is 80.2 cm³/mol. The summed E-state index contributed by atoms with van der Waals surface area (Å²) in [5.41, 5.74) is 1.53. The van der Waals surface area contributed by atoms with Gasteiger partial charge in [-0.2, -0.15) is 0 Å². The van der Waals surface area contributed by atoms with E-state index in [-0.39, 0.29) is 5.54 Å².